The third kappa shape index (κ3) is 2.59. The molecule has 1 saturated heterocycles. The van der Waals surface area contributed by atoms with Gasteiger partial charge in [-0.1, -0.05) is 46.3 Å². The van der Waals surface area contributed by atoms with Gasteiger partial charge in [0.05, 0.1) is 12.1 Å². The third-order valence-electron chi connectivity index (χ3n) is 3.59. The Morgan fingerprint density at radius 2 is 2.11 bits per heavy atom. The molecule has 1 aliphatic heterocycles. The van der Waals surface area contributed by atoms with Gasteiger partial charge in [-0.25, -0.2) is 0 Å². The van der Waals surface area contributed by atoms with E-state index in [1.807, 2.05) is 42.2 Å². The number of carbonyl (C=O) groups is 1. The summed E-state index contributed by atoms with van der Waals surface area (Å²) in [6.07, 6.45) is 0.827. The summed E-state index contributed by atoms with van der Waals surface area (Å²) in [7, 11) is 0. The van der Waals surface area contributed by atoms with Crippen LogP contribution in [0.3, 0.4) is 0 Å². The maximum absolute atomic E-state index is 11.9. The zero-order valence-electron chi connectivity index (χ0n) is 10.4. The minimum atomic E-state index is -0.630. The monoisotopic (exact) mass is 311 g/mol. The smallest absolute Gasteiger partial charge is 0.223 e. The summed E-state index contributed by atoms with van der Waals surface area (Å²) in [6.45, 7) is 1.91. The largest absolute Gasteiger partial charge is 0.386 e. The topological polar surface area (TPSA) is 40.5 Å². The molecule has 98 valence electrons. The first-order valence-electron chi connectivity index (χ1n) is 6.25. The zero-order chi connectivity index (χ0) is 13.1. The highest BCUT2D eigenvalue weighted by Crippen LogP contribution is 2.29. The summed E-state index contributed by atoms with van der Waals surface area (Å²) in [5.74, 6) is 0.141. The number of benzene rings is 1. The lowest BCUT2D eigenvalue weighted by molar-refractivity contribution is -0.133. The van der Waals surface area contributed by atoms with Gasteiger partial charge in [-0.2, -0.15) is 0 Å². The van der Waals surface area contributed by atoms with Crippen LogP contribution in [0.2, 0.25) is 0 Å². The van der Waals surface area contributed by atoms with Crippen LogP contribution in [0.1, 0.15) is 31.4 Å². The van der Waals surface area contributed by atoms with E-state index in [2.05, 4.69) is 15.9 Å². The lowest BCUT2D eigenvalue weighted by atomic mass is 10.0. The number of rotatable bonds is 4. The minimum absolute atomic E-state index is 0.141. The number of hydrogen-bond donors (Lipinski definition) is 1. The molecule has 1 aromatic carbocycles. The lowest BCUT2D eigenvalue weighted by Gasteiger charge is -2.33. The SMILES string of the molecule is C[C@H]([C@@H](O)c1ccccc1)N1C(=O)CC[C@@H]1CBr. The van der Waals surface area contributed by atoms with E-state index in [9.17, 15) is 9.90 Å². The summed E-state index contributed by atoms with van der Waals surface area (Å²) in [5, 5.41) is 11.1. The van der Waals surface area contributed by atoms with Crippen molar-refractivity contribution in [1.29, 1.82) is 0 Å². The summed E-state index contributed by atoms with van der Waals surface area (Å²) < 4.78 is 0. The van der Waals surface area contributed by atoms with Crippen LogP contribution in [-0.2, 0) is 4.79 Å². The van der Waals surface area contributed by atoms with Gasteiger partial charge in [-0.3, -0.25) is 4.79 Å². The first-order chi connectivity index (χ1) is 8.65. The number of aliphatic hydroxyl groups excluding tert-OH is 1. The molecule has 1 aromatic rings. The van der Waals surface area contributed by atoms with Gasteiger partial charge in [0.2, 0.25) is 5.91 Å². The van der Waals surface area contributed by atoms with Crippen molar-refractivity contribution in [3.05, 3.63) is 35.9 Å². The second-order valence-corrected chi connectivity index (χ2v) is 5.39. The first-order valence-corrected chi connectivity index (χ1v) is 7.37. The van der Waals surface area contributed by atoms with E-state index in [4.69, 9.17) is 0 Å². The average molecular weight is 312 g/mol. The highest BCUT2D eigenvalue weighted by molar-refractivity contribution is 9.09. The van der Waals surface area contributed by atoms with Gasteiger partial charge in [0, 0.05) is 17.8 Å². The van der Waals surface area contributed by atoms with Crippen molar-refractivity contribution in [2.45, 2.75) is 38.0 Å². The van der Waals surface area contributed by atoms with Crippen LogP contribution in [0.25, 0.3) is 0 Å². The van der Waals surface area contributed by atoms with E-state index in [1.165, 1.54) is 0 Å². The van der Waals surface area contributed by atoms with Gasteiger partial charge >= 0.3 is 0 Å². The minimum Gasteiger partial charge on any atom is -0.386 e. The third-order valence-corrected chi connectivity index (χ3v) is 4.34. The highest BCUT2D eigenvalue weighted by Gasteiger charge is 2.36. The van der Waals surface area contributed by atoms with Gasteiger partial charge in [0.25, 0.3) is 0 Å². The second kappa shape index (κ2) is 5.85. The molecule has 1 fully saturated rings. The quantitative estimate of drug-likeness (QED) is 0.868. The number of carbonyl (C=O) groups excluding carboxylic acids is 1. The molecule has 2 rings (SSSR count). The summed E-state index contributed by atoms with van der Waals surface area (Å²) in [5.41, 5.74) is 0.859. The Bertz CT molecular complexity index is 410. The molecule has 4 heteroatoms. The van der Waals surface area contributed by atoms with Crippen LogP contribution in [0.5, 0.6) is 0 Å². The molecule has 0 unspecified atom stereocenters. The number of aliphatic hydroxyl groups is 1. The summed E-state index contributed by atoms with van der Waals surface area (Å²) in [6, 6.07) is 9.52. The molecule has 1 heterocycles. The average Bonchev–Trinajstić information content (AvgIpc) is 2.79. The number of likely N-dealkylation sites (tertiary alicyclic amines) is 1. The molecular weight excluding hydrogens is 294 g/mol. The Labute approximate surface area is 116 Å². The molecule has 18 heavy (non-hydrogen) atoms. The number of nitrogens with zero attached hydrogens (tertiary/aromatic N) is 1. The van der Waals surface area contributed by atoms with Crippen molar-refractivity contribution in [1.82, 2.24) is 4.90 Å². The Hall–Kier alpha value is -0.870. The Kier molecular flexibility index (Phi) is 4.40. The van der Waals surface area contributed by atoms with Crippen LogP contribution in [0, 0.1) is 0 Å². The van der Waals surface area contributed by atoms with E-state index < -0.39 is 6.10 Å². The molecule has 0 radical (unpaired) electrons. The predicted octanol–water partition coefficient (Wildman–Crippen LogP) is 2.49. The Morgan fingerprint density at radius 3 is 2.72 bits per heavy atom. The molecule has 1 aliphatic rings. The molecule has 3 nitrogen and oxygen atoms in total. The van der Waals surface area contributed by atoms with Crippen LogP contribution in [0.15, 0.2) is 30.3 Å². The zero-order valence-corrected chi connectivity index (χ0v) is 12.0. The molecule has 1 amide bonds. The van der Waals surface area contributed by atoms with Crippen molar-refractivity contribution in [3.63, 3.8) is 0 Å². The van der Waals surface area contributed by atoms with Crippen LogP contribution in [0.4, 0.5) is 0 Å². The van der Waals surface area contributed by atoms with Crippen molar-refractivity contribution in [2.24, 2.45) is 0 Å². The lowest BCUT2D eigenvalue weighted by Crippen LogP contribution is -2.44. The normalized spacial score (nSPS) is 23.2. The van der Waals surface area contributed by atoms with Crippen LogP contribution < -0.4 is 0 Å². The Balaban J connectivity index is 2.15. The fraction of sp³-hybridized carbons (Fsp3) is 0.500. The predicted molar refractivity (Wildman–Crippen MR) is 74.5 cm³/mol. The fourth-order valence-electron chi connectivity index (χ4n) is 2.55. The van der Waals surface area contributed by atoms with Gasteiger partial charge in [0.1, 0.15) is 0 Å². The molecular formula is C14H18BrNO2. The number of amides is 1. The number of hydrogen-bond acceptors (Lipinski definition) is 2. The molecule has 0 spiro atoms. The molecule has 0 bridgehead atoms. The first kappa shape index (κ1) is 13.6. The number of halogens is 1. The van der Waals surface area contributed by atoms with E-state index in [0.717, 1.165) is 17.3 Å². The molecule has 3 atom stereocenters. The summed E-state index contributed by atoms with van der Waals surface area (Å²) in [4.78, 5) is 13.7. The second-order valence-electron chi connectivity index (χ2n) is 4.74. The standard InChI is InChI=1S/C14H18BrNO2/c1-10(14(18)11-5-3-2-4-6-11)16-12(9-15)7-8-13(16)17/h2-6,10,12,14,18H,7-9H2,1H3/t10-,12-,14-/m1/s1. The van der Waals surface area contributed by atoms with Crippen LogP contribution in [-0.4, -0.2) is 33.3 Å². The van der Waals surface area contributed by atoms with E-state index in [0.29, 0.717) is 6.42 Å². The summed E-state index contributed by atoms with van der Waals surface area (Å²) >= 11 is 3.44. The van der Waals surface area contributed by atoms with Gasteiger partial charge in [0.15, 0.2) is 0 Å². The van der Waals surface area contributed by atoms with Crippen LogP contribution >= 0.6 is 15.9 Å². The maximum atomic E-state index is 11.9. The Morgan fingerprint density at radius 1 is 1.44 bits per heavy atom. The molecule has 0 saturated carbocycles. The van der Waals surface area contributed by atoms with Crippen molar-refractivity contribution in [2.75, 3.05) is 5.33 Å². The molecule has 0 aromatic heterocycles. The van der Waals surface area contributed by atoms with Gasteiger partial charge in [-0.05, 0) is 18.9 Å². The van der Waals surface area contributed by atoms with E-state index >= 15 is 0 Å². The highest BCUT2D eigenvalue weighted by atomic mass is 79.9. The fourth-order valence-corrected chi connectivity index (χ4v) is 3.19. The molecule has 0 aliphatic carbocycles. The van der Waals surface area contributed by atoms with Crippen molar-refractivity contribution in [3.8, 4) is 0 Å². The number of alkyl halides is 1. The van der Waals surface area contributed by atoms with E-state index in [-0.39, 0.29) is 18.0 Å². The van der Waals surface area contributed by atoms with Crippen molar-refractivity contribution < 1.29 is 9.90 Å². The maximum Gasteiger partial charge on any atom is 0.223 e. The van der Waals surface area contributed by atoms with Crippen molar-refractivity contribution >= 4 is 21.8 Å². The van der Waals surface area contributed by atoms with Gasteiger partial charge in [-0.15, -0.1) is 0 Å². The van der Waals surface area contributed by atoms with Gasteiger partial charge < -0.3 is 10.0 Å². The van der Waals surface area contributed by atoms with E-state index in [1.54, 1.807) is 0 Å². The molecule has 1 N–H and O–H groups in total.